The lowest BCUT2D eigenvalue weighted by Crippen LogP contribution is -2.50. The van der Waals surface area contributed by atoms with E-state index in [2.05, 4.69) is 0 Å². The van der Waals surface area contributed by atoms with Crippen molar-refractivity contribution in [1.29, 1.82) is 0 Å². The largest absolute Gasteiger partial charge is 0.481 e. The molecule has 0 atom stereocenters. The van der Waals surface area contributed by atoms with E-state index in [1.54, 1.807) is 13.0 Å². The second-order valence-electron chi connectivity index (χ2n) is 7.82. The van der Waals surface area contributed by atoms with Gasteiger partial charge >= 0.3 is 12.1 Å². The Balaban J connectivity index is 1.63. The zero-order valence-electron chi connectivity index (χ0n) is 17.8. The highest BCUT2D eigenvalue weighted by molar-refractivity contribution is 7.89. The van der Waals surface area contributed by atoms with Crippen LogP contribution in [-0.4, -0.2) is 60.8 Å². The summed E-state index contributed by atoms with van der Waals surface area (Å²) in [5, 5.41) is 9.02. The van der Waals surface area contributed by atoms with Gasteiger partial charge in [0.2, 0.25) is 15.9 Å². The number of nitrogens with zero attached hydrogens (tertiary/aromatic N) is 2. The van der Waals surface area contributed by atoms with E-state index in [-0.39, 0.29) is 49.8 Å². The topological polar surface area (TPSA) is 95.0 Å². The number of hydrogen-bond donors (Lipinski definition) is 1. The number of amides is 1. The van der Waals surface area contributed by atoms with Crippen molar-refractivity contribution in [3.8, 4) is 0 Å². The van der Waals surface area contributed by atoms with Crippen LogP contribution in [0.2, 0.25) is 0 Å². The Kier molecular flexibility index (Phi) is 7.13. The first-order chi connectivity index (χ1) is 15.4. The zero-order chi connectivity index (χ0) is 24.4. The fourth-order valence-electron chi connectivity index (χ4n) is 3.59. The zero-order valence-corrected chi connectivity index (χ0v) is 18.6. The van der Waals surface area contributed by atoms with Crippen molar-refractivity contribution in [2.45, 2.75) is 30.8 Å². The Bertz CT molecular complexity index is 1140. The molecule has 1 fully saturated rings. The maximum absolute atomic E-state index is 13.0. The van der Waals surface area contributed by atoms with Gasteiger partial charge in [-0.2, -0.15) is 17.5 Å². The predicted octanol–water partition coefficient (Wildman–Crippen LogP) is 2.72. The first-order valence-electron chi connectivity index (χ1n) is 10.1. The van der Waals surface area contributed by atoms with Crippen LogP contribution in [0, 0.1) is 6.92 Å². The maximum Gasteiger partial charge on any atom is 0.416 e. The molecule has 33 heavy (non-hydrogen) atoms. The molecule has 1 heterocycles. The van der Waals surface area contributed by atoms with Gasteiger partial charge in [0.1, 0.15) is 0 Å². The number of carboxylic acids is 1. The fourth-order valence-corrected chi connectivity index (χ4v) is 5.06. The Morgan fingerprint density at radius 3 is 2.12 bits per heavy atom. The molecule has 0 aliphatic carbocycles. The average molecular weight is 484 g/mol. The van der Waals surface area contributed by atoms with Gasteiger partial charge in [0.15, 0.2) is 0 Å². The van der Waals surface area contributed by atoms with E-state index in [9.17, 15) is 31.2 Å². The highest BCUT2D eigenvalue weighted by Crippen LogP contribution is 2.29. The Hall–Kier alpha value is -2.92. The van der Waals surface area contributed by atoms with Crippen molar-refractivity contribution in [1.82, 2.24) is 9.21 Å². The number of alkyl halides is 3. The highest BCUT2D eigenvalue weighted by Gasteiger charge is 2.32. The first kappa shape index (κ1) is 24.7. The van der Waals surface area contributed by atoms with Crippen LogP contribution in [0.15, 0.2) is 47.4 Å². The van der Waals surface area contributed by atoms with Gasteiger partial charge in [-0.05, 0) is 47.9 Å². The van der Waals surface area contributed by atoms with E-state index in [1.807, 2.05) is 0 Å². The Morgan fingerprint density at radius 2 is 1.58 bits per heavy atom. The number of carboxylic acid groups (broad SMARTS) is 1. The molecule has 178 valence electrons. The number of sulfonamides is 1. The van der Waals surface area contributed by atoms with Gasteiger partial charge in [-0.25, -0.2) is 8.42 Å². The van der Waals surface area contributed by atoms with Crippen LogP contribution in [0.4, 0.5) is 13.2 Å². The lowest BCUT2D eigenvalue weighted by Gasteiger charge is -2.34. The quantitative estimate of drug-likeness (QED) is 0.681. The number of rotatable bonds is 6. The Morgan fingerprint density at radius 1 is 0.970 bits per heavy atom. The molecule has 1 aliphatic heterocycles. The summed E-state index contributed by atoms with van der Waals surface area (Å²) in [5.41, 5.74) is 0.734. The van der Waals surface area contributed by atoms with Crippen molar-refractivity contribution >= 4 is 21.9 Å². The lowest BCUT2D eigenvalue weighted by atomic mass is 10.1. The van der Waals surface area contributed by atoms with Gasteiger partial charge in [0, 0.05) is 26.2 Å². The molecule has 0 unspecified atom stereocenters. The van der Waals surface area contributed by atoms with E-state index >= 15 is 0 Å². The number of aliphatic carboxylic acids is 1. The van der Waals surface area contributed by atoms with Crippen molar-refractivity contribution < 1.29 is 36.3 Å². The third kappa shape index (κ3) is 5.91. The van der Waals surface area contributed by atoms with Gasteiger partial charge in [-0.1, -0.05) is 18.2 Å². The molecular weight excluding hydrogens is 461 g/mol. The molecule has 0 aromatic heterocycles. The van der Waals surface area contributed by atoms with Crippen LogP contribution in [0.1, 0.15) is 22.3 Å². The van der Waals surface area contributed by atoms with Crippen LogP contribution >= 0.6 is 0 Å². The SMILES string of the molecule is Cc1ccc(S(=O)(=O)N2CCN(C(=O)Cc3ccc(C(F)(F)F)cc3)CC2)cc1CC(=O)O. The van der Waals surface area contributed by atoms with Crippen LogP contribution in [0.3, 0.4) is 0 Å². The standard InChI is InChI=1S/C22H23F3N2O5S/c1-15-2-7-19(13-17(15)14-21(29)30)33(31,32)27-10-8-26(9-11-27)20(28)12-16-3-5-18(6-4-16)22(23,24)25/h2-7,13H,8-12,14H2,1H3,(H,29,30). The summed E-state index contributed by atoms with van der Waals surface area (Å²) < 4.78 is 65.3. The summed E-state index contributed by atoms with van der Waals surface area (Å²) >= 11 is 0. The molecule has 2 aromatic rings. The molecule has 1 saturated heterocycles. The predicted molar refractivity (Wildman–Crippen MR) is 113 cm³/mol. The maximum atomic E-state index is 13.0. The molecule has 1 N–H and O–H groups in total. The summed E-state index contributed by atoms with van der Waals surface area (Å²) in [6.07, 6.45) is -4.82. The number of piperazine rings is 1. The van der Waals surface area contributed by atoms with E-state index in [0.717, 1.165) is 12.1 Å². The van der Waals surface area contributed by atoms with E-state index in [1.165, 1.54) is 33.5 Å². The number of carbonyl (C=O) groups is 2. The number of hydrogen-bond acceptors (Lipinski definition) is 4. The molecule has 1 amide bonds. The number of carbonyl (C=O) groups excluding carboxylic acids is 1. The van der Waals surface area contributed by atoms with E-state index in [0.29, 0.717) is 16.7 Å². The second-order valence-corrected chi connectivity index (χ2v) is 9.75. The summed E-state index contributed by atoms with van der Waals surface area (Å²) in [4.78, 5) is 25.0. The third-order valence-corrected chi connectivity index (χ3v) is 7.42. The monoisotopic (exact) mass is 484 g/mol. The van der Waals surface area contributed by atoms with Crippen LogP contribution < -0.4 is 0 Å². The van der Waals surface area contributed by atoms with E-state index < -0.39 is 27.7 Å². The van der Waals surface area contributed by atoms with E-state index in [4.69, 9.17) is 5.11 Å². The van der Waals surface area contributed by atoms with Gasteiger partial charge in [-0.15, -0.1) is 0 Å². The van der Waals surface area contributed by atoms with Crippen LogP contribution in [0.25, 0.3) is 0 Å². The molecule has 1 aliphatic rings. The number of benzene rings is 2. The lowest BCUT2D eigenvalue weighted by molar-refractivity contribution is -0.138. The molecule has 2 aromatic carbocycles. The molecule has 0 bridgehead atoms. The molecule has 7 nitrogen and oxygen atoms in total. The number of halogens is 3. The van der Waals surface area contributed by atoms with Crippen molar-refractivity contribution in [3.63, 3.8) is 0 Å². The van der Waals surface area contributed by atoms with Crippen LogP contribution in [-0.2, 0) is 38.6 Å². The van der Waals surface area contributed by atoms with Crippen molar-refractivity contribution in [2.75, 3.05) is 26.2 Å². The van der Waals surface area contributed by atoms with Crippen LogP contribution in [0.5, 0.6) is 0 Å². The molecule has 11 heteroatoms. The van der Waals surface area contributed by atoms with Crippen molar-refractivity contribution in [3.05, 3.63) is 64.7 Å². The summed E-state index contributed by atoms with van der Waals surface area (Å²) in [6, 6.07) is 8.72. The first-order valence-corrected chi connectivity index (χ1v) is 11.6. The minimum atomic E-state index is -4.45. The van der Waals surface area contributed by atoms with Crippen molar-refractivity contribution in [2.24, 2.45) is 0 Å². The van der Waals surface area contributed by atoms with Gasteiger partial charge < -0.3 is 10.0 Å². The van der Waals surface area contributed by atoms with Gasteiger partial charge in [-0.3, -0.25) is 9.59 Å². The summed E-state index contributed by atoms with van der Waals surface area (Å²) in [7, 11) is -3.87. The molecular formula is C22H23F3N2O5S. The molecule has 0 spiro atoms. The second kappa shape index (κ2) is 9.52. The minimum absolute atomic E-state index is 0.00567. The fraction of sp³-hybridized carbons (Fsp3) is 0.364. The minimum Gasteiger partial charge on any atom is -0.481 e. The van der Waals surface area contributed by atoms with Gasteiger partial charge in [0.25, 0.3) is 0 Å². The molecule has 0 radical (unpaired) electrons. The summed E-state index contributed by atoms with van der Waals surface area (Å²) in [5.74, 6) is -1.36. The average Bonchev–Trinajstić information content (AvgIpc) is 2.74. The van der Waals surface area contributed by atoms with Gasteiger partial charge in [0.05, 0.1) is 23.3 Å². The number of aryl methyl sites for hydroxylation is 1. The molecule has 3 rings (SSSR count). The highest BCUT2D eigenvalue weighted by atomic mass is 32.2. The normalized spacial score (nSPS) is 15.5. The molecule has 0 saturated carbocycles. The smallest absolute Gasteiger partial charge is 0.416 e. The Labute approximate surface area is 189 Å². The summed E-state index contributed by atoms with van der Waals surface area (Å²) in [6.45, 7) is 2.11. The third-order valence-electron chi connectivity index (χ3n) is 5.53.